The Morgan fingerprint density at radius 3 is 2.45 bits per heavy atom. The van der Waals surface area contributed by atoms with Crippen LogP contribution in [-0.2, 0) is 19.1 Å². The summed E-state index contributed by atoms with van der Waals surface area (Å²) in [6.07, 6.45) is -0.879. The first-order valence-corrected chi connectivity index (χ1v) is 3.09. The Bertz CT molecular complexity index is 157. The summed E-state index contributed by atoms with van der Waals surface area (Å²) < 4.78 is 8.81. The zero-order valence-corrected chi connectivity index (χ0v) is 6.49. The van der Waals surface area contributed by atoms with Gasteiger partial charge in [0.25, 0.3) is 0 Å². The highest BCUT2D eigenvalue weighted by molar-refractivity contribution is 5.79. The molecule has 0 aromatic rings. The van der Waals surface area contributed by atoms with E-state index >= 15 is 0 Å². The average Bonchev–Trinajstić information content (AvgIpc) is 2.02. The van der Waals surface area contributed by atoms with Gasteiger partial charge < -0.3 is 15.2 Å². The lowest BCUT2D eigenvalue weighted by Crippen LogP contribution is -2.28. The van der Waals surface area contributed by atoms with Crippen molar-refractivity contribution in [3.63, 3.8) is 0 Å². The third kappa shape index (κ3) is 3.57. The summed E-state index contributed by atoms with van der Waals surface area (Å²) in [6.45, 7) is 1.18. The molecule has 0 rings (SSSR count). The minimum absolute atomic E-state index is 0.235. The fourth-order valence-corrected chi connectivity index (χ4v) is 0.459. The number of nitrogens with two attached hydrogens (primary N) is 1. The number of rotatable bonds is 3. The van der Waals surface area contributed by atoms with Crippen molar-refractivity contribution in [3.8, 4) is 0 Å². The maximum atomic E-state index is 10.6. The van der Waals surface area contributed by atoms with Gasteiger partial charge in [-0.1, -0.05) is 0 Å². The Kier molecular flexibility index (Phi) is 4.21. The lowest BCUT2D eigenvalue weighted by molar-refractivity contribution is -0.163. The smallest absolute Gasteiger partial charge is 0.346 e. The maximum Gasteiger partial charge on any atom is 0.346 e. The number of ether oxygens (including phenoxy) is 2. The lowest BCUT2D eigenvalue weighted by atomic mass is 10.4. The fourth-order valence-electron chi connectivity index (χ4n) is 0.459. The van der Waals surface area contributed by atoms with Crippen LogP contribution in [0.2, 0.25) is 0 Å². The number of carbonyl (C=O) groups excluding carboxylic acids is 2. The molecule has 0 aromatic heterocycles. The normalized spacial score (nSPS) is 11.9. The van der Waals surface area contributed by atoms with Crippen molar-refractivity contribution in [1.29, 1.82) is 0 Å². The van der Waals surface area contributed by atoms with Crippen molar-refractivity contribution in [3.05, 3.63) is 0 Å². The van der Waals surface area contributed by atoms with E-state index in [9.17, 15) is 9.59 Å². The molecule has 64 valence electrons. The van der Waals surface area contributed by atoms with Gasteiger partial charge in [-0.15, -0.1) is 0 Å². The minimum atomic E-state index is -0.879. The lowest BCUT2D eigenvalue weighted by Gasteiger charge is -2.08. The average molecular weight is 161 g/mol. The summed E-state index contributed by atoms with van der Waals surface area (Å²) in [6, 6.07) is 0. The Hall–Kier alpha value is -1.10. The van der Waals surface area contributed by atoms with Crippen LogP contribution in [0.3, 0.4) is 0 Å². The number of esters is 2. The van der Waals surface area contributed by atoms with Gasteiger partial charge in [-0.2, -0.15) is 0 Å². The van der Waals surface area contributed by atoms with Gasteiger partial charge in [0.15, 0.2) is 6.10 Å². The first-order chi connectivity index (χ1) is 5.11. The molecular formula is C6H11NO4. The number of hydrogen-bond donors (Lipinski definition) is 1. The molecule has 2 N–H and O–H groups in total. The van der Waals surface area contributed by atoms with Crippen molar-refractivity contribution in [2.45, 2.75) is 13.0 Å². The van der Waals surface area contributed by atoms with Crippen LogP contribution in [0.15, 0.2) is 0 Å². The van der Waals surface area contributed by atoms with Crippen molar-refractivity contribution >= 4 is 11.9 Å². The Balaban J connectivity index is 3.77. The second-order valence-corrected chi connectivity index (χ2v) is 1.86. The molecule has 0 aliphatic heterocycles. The van der Waals surface area contributed by atoms with Crippen LogP contribution >= 0.6 is 0 Å². The third-order valence-corrected chi connectivity index (χ3v) is 1.01. The van der Waals surface area contributed by atoms with Gasteiger partial charge in [0.1, 0.15) is 0 Å². The SMILES string of the molecule is COC(=O)C(C)OC(=O)CN. The van der Waals surface area contributed by atoms with Crippen molar-refractivity contribution in [2.24, 2.45) is 5.73 Å². The van der Waals surface area contributed by atoms with E-state index in [1.54, 1.807) is 0 Å². The predicted molar refractivity (Wildman–Crippen MR) is 36.6 cm³/mol. The highest BCUT2D eigenvalue weighted by Gasteiger charge is 2.16. The molecule has 5 heteroatoms. The number of carbonyl (C=O) groups is 2. The quantitative estimate of drug-likeness (QED) is 0.540. The number of methoxy groups -OCH3 is 1. The molecule has 1 atom stereocenters. The monoisotopic (exact) mass is 161 g/mol. The van der Waals surface area contributed by atoms with Crippen LogP contribution in [0.4, 0.5) is 0 Å². The molecule has 0 aromatic carbocycles. The van der Waals surface area contributed by atoms with Gasteiger partial charge in [-0.05, 0) is 6.92 Å². The molecule has 0 aliphatic carbocycles. The van der Waals surface area contributed by atoms with Crippen LogP contribution in [-0.4, -0.2) is 31.7 Å². The molecule has 11 heavy (non-hydrogen) atoms. The molecule has 5 nitrogen and oxygen atoms in total. The standard InChI is InChI=1S/C6H11NO4/c1-4(6(9)10-2)11-5(8)3-7/h4H,3,7H2,1-2H3. The Labute approximate surface area is 64.5 Å². The largest absolute Gasteiger partial charge is 0.466 e. The van der Waals surface area contributed by atoms with Gasteiger partial charge in [-0.3, -0.25) is 4.79 Å². The van der Waals surface area contributed by atoms with Crippen LogP contribution in [0, 0.1) is 0 Å². The molecule has 0 fully saturated rings. The van der Waals surface area contributed by atoms with E-state index < -0.39 is 18.0 Å². The van der Waals surface area contributed by atoms with E-state index in [0.717, 1.165) is 0 Å². The maximum absolute atomic E-state index is 10.6. The summed E-state index contributed by atoms with van der Waals surface area (Å²) in [7, 11) is 1.22. The zero-order chi connectivity index (χ0) is 8.85. The van der Waals surface area contributed by atoms with E-state index in [0.29, 0.717) is 0 Å². The van der Waals surface area contributed by atoms with Crippen LogP contribution in [0.1, 0.15) is 6.92 Å². The van der Waals surface area contributed by atoms with Crippen molar-refractivity contribution < 1.29 is 19.1 Å². The van der Waals surface area contributed by atoms with Crippen LogP contribution < -0.4 is 5.73 Å². The van der Waals surface area contributed by atoms with Gasteiger partial charge in [0, 0.05) is 0 Å². The van der Waals surface area contributed by atoms with Gasteiger partial charge in [-0.25, -0.2) is 4.79 Å². The molecule has 1 unspecified atom stereocenters. The zero-order valence-electron chi connectivity index (χ0n) is 6.49. The van der Waals surface area contributed by atoms with Crippen LogP contribution in [0.25, 0.3) is 0 Å². The second kappa shape index (κ2) is 4.68. The summed E-state index contributed by atoms with van der Waals surface area (Å²) in [5, 5.41) is 0. The van der Waals surface area contributed by atoms with Crippen molar-refractivity contribution in [2.75, 3.05) is 13.7 Å². The summed E-state index contributed by atoms with van der Waals surface area (Å²) in [5.41, 5.74) is 4.94. The summed E-state index contributed by atoms with van der Waals surface area (Å²) >= 11 is 0. The molecule has 0 radical (unpaired) electrons. The first kappa shape index (κ1) is 9.90. The topological polar surface area (TPSA) is 78.6 Å². The molecule has 0 heterocycles. The molecule has 0 aliphatic rings. The van der Waals surface area contributed by atoms with E-state index in [1.165, 1.54) is 14.0 Å². The molecule has 0 saturated carbocycles. The minimum Gasteiger partial charge on any atom is -0.466 e. The van der Waals surface area contributed by atoms with E-state index in [4.69, 9.17) is 5.73 Å². The molecule has 0 saturated heterocycles. The Morgan fingerprint density at radius 1 is 1.55 bits per heavy atom. The van der Waals surface area contributed by atoms with E-state index in [-0.39, 0.29) is 6.54 Å². The molecule has 0 amide bonds. The van der Waals surface area contributed by atoms with Gasteiger partial charge >= 0.3 is 11.9 Å². The highest BCUT2D eigenvalue weighted by atomic mass is 16.6. The third-order valence-electron chi connectivity index (χ3n) is 1.01. The fraction of sp³-hybridized carbons (Fsp3) is 0.667. The van der Waals surface area contributed by atoms with Gasteiger partial charge in [0.2, 0.25) is 0 Å². The summed E-state index contributed by atoms with van der Waals surface area (Å²) in [4.78, 5) is 21.1. The molecule has 0 bridgehead atoms. The predicted octanol–water partition coefficient (Wildman–Crippen LogP) is -0.950. The van der Waals surface area contributed by atoms with Crippen molar-refractivity contribution in [1.82, 2.24) is 0 Å². The second-order valence-electron chi connectivity index (χ2n) is 1.86. The van der Waals surface area contributed by atoms with Gasteiger partial charge in [0.05, 0.1) is 13.7 Å². The highest BCUT2D eigenvalue weighted by Crippen LogP contribution is 1.92. The van der Waals surface area contributed by atoms with Crippen LogP contribution in [0.5, 0.6) is 0 Å². The Morgan fingerprint density at radius 2 is 2.09 bits per heavy atom. The van der Waals surface area contributed by atoms with E-state index in [2.05, 4.69) is 9.47 Å². The summed E-state index contributed by atoms with van der Waals surface area (Å²) in [5.74, 6) is -1.21. The van der Waals surface area contributed by atoms with E-state index in [1.807, 2.05) is 0 Å². The molecule has 0 spiro atoms. The first-order valence-electron chi connectivity index (χ1n) is 3.09. The number of hydrogen-bond acceptors (Lipinski definition) is 5. The molecular weight excluding hydrogens is 150 g/mol.